The van der Waals surface area contributed by atoms with Gasteiger partial charge >= 0.3 is 0 Å². The SMILES string of the molecule is CC(=O)N(C)CCC1CCN(C)CC1. The van der Waals surface area contributed by atoms with Gasteiger partial charge in [0, 0.05) is 20.5 Å². The number of amides is 1. The summed E-state index contributed by atoms with van der Waals surface area (Å²) in [5, 5.41) is 0. The number of hydrogen-bond acceptors (Lipinski definition) is 2. The van der Waals surface area contributed by atoms with Crippen LogP contribution in [-0.2, 0) is 4.79 Å². The van der Waals surface area contributed by atoms with E-state index in [-0.39, 0.29) is 5.91 Å². The van der Waals surface area contributed by atoms with Crippen LogP contribution in [0.1, 0.15) is 26.2 Å². The lowest BCUT2D eigenvalue weighted by Crippen LogP contribution is -2.32. The van der Waals surface area contributed by atoms with Gasteiger partial charge in [-0.2, -0.15) is 0 Å². The van der Waals surface area contributed by atoms with E-state index in [0.717, 1.165) is 12.5 Å². The van der Waals surface area contributed by atoms with Crippen molar-refractivity contribution in [1.82, 2.24) is 9.80 Å². The van der Waals surface area contributed by atoms with E-state index in [1.54, 1.807) is 6.92 Å². The standard InChI is InChI=1S/C11H22N2O/c1-10(14)13(3)9-6-11-4-7-12(2)8-5-11/h11H,4-9H2,1-3H3. The van der Waals surface area contributed by atoms with E-state index < -0.39 is 0 Å². The van der Waals surface area contributed by atoms with Gasteiger partial charge in [-0.15, -0.1) is 0 Å². The smallest absolute Gasteiger partial charge is 0.219 e. The number of carbonyl (C=O) groups is 1. The van der Waals surface area contributed by atoms with Crippen molar-refractivity contribution in [3.63, 3.8) is 0 Å². The Balaban J connectivity index is 2.16. The first kappa shape index (κ1) is 11.5. The number of nitrogens with zero attached hydrogens (tertiary/aromatic N) is 2. The Hall–Kier alpha value is -0.570. The third-order valence-corrected chi connectivity index (χ3v) is 3.25. The van der Waals surface area contributed by atoms with Crippen molar-refractivity contribution in [2.24, 2.45) is 5.92 Å². The Morgan fingerprint density at radius 1 is 1.43 bits per heavy atom. The summed E-state index contributed by atoms with van der Waals surface area (Å²) in [5.74, 6) is 1.01. The maximum atomic E-state index is 11.0. The van der Waals surface area contributed by atoms with Crippen LogP contribution >= 0.6 is 0 Å². The summed E-state index contributed by atoms with van der Waals surface area (Å²) < 4.78 is 0. The van der Waals surface area contributed by atoms with Crippen LogP contribution in [0.5, 0.6) is 0 Å². The van der Waals surface area contributed by atoms with Crippen molar-refractivity contribution in [2.75, 3.05) is 33.7 Å². The molecule has 1 amide bonds. The fourth-order valence-corrected chi connectivity index (χ4v) is 1.88. The summed E-state index contributed by atoms with van der Waals surface area (Å²) in [6.07, 6.45) is 3.76. The normalized spacial score (nSPS) is 19.6. The molecule has 0 bridgehead atoms. The van der Waals surface area contributed by atoms with Crippen molar-refractivity contribution >= 4 is 5.91 Å². The maximum Gasteiger partial charge on any atom is 0.219 e. The molecule has 3 heteroatoms. The fourth-order valence-electron chi connectivity index (χ4n) is 1.88. The van der Waals surface area contributed by atoms with Gasteiger partial charge in [0.15, 0.2) is 0 Å². The fraction of sp³-hybridized carbons (Fsp3) is 0.909. The van der Waals surface area contributed by atoms with Gasteiger partial charge in [-0.25, -0.2) is 0 Å². The lowest BCUT2D eigenvalue weighted by Gasteiger charge is -2.29. The monoisotopic (exact) mass is 198 g/mol. The second kappa shape index (κ2) is 5.35. The summed E-state index contributed by atoms with van der Waals surface area (Å²) in [6, 6.07) is 0. The summed E-state index contributed by atoms with van der Waals surface area (Å²) in [6.45, 7) is 4.99. The zero-order valence-electron chi connectivity index (χ0n) is 9.62. The van der Waals surface area contributed by atoms with Gasteiger partial charge in [0.1, 0.15) is 0 Å². The van der Waals surface area contributed by atoms with Gasteiger partial charge in [0.25, 0.3) is 0 Å². The van der Waals surface area contributed by atoms with Gasteiger partial charge in [-0.05, 0) is 45.3 Å². The van der Waals surface area contributed by atoms with Crippen LogP contribution < -0.4 is 0 Å². The highest BCUT2D eigenvalue weighted by molar-refractivity contribution is 5.72. The van der Waals surface area contributed by atoms with Crippen molar-refractivity contribution in [3.05, 3.63) is 0 Å². The first-order valence-corrected chi connectivity index (χ1v) is 5.50. The number of hydrogen-bond donors (Lipinski definition) is 0. The molecule has 0 radical (unpaired) electrons. The molecule has 1 heterocycles. The molecule has 1 aliphatic rings. The van der Waals surface area contributed by atoms with Gasteiger partial charge in [-0.3, -0.25) is 4.79 Å². The Bertz CT molecular complexity index is 186. The Morgan fingerprint density at radius 2 is 2.00 bits per heavy atom. The van der Waals surface area contributed by atoms with E-state index in [0.29, 0.717) is 0 Å². The van der Waals surface area contributed by atoms with Crippen molar-refractivity contribution in [1.29, 1.82) is 0 Å². The molecular formula is C11H22N2O. The van der Waals surface area contributed by atoms with Crippen molar-refractivity contribution in [3.8, 4) is 0 Å². The average Bonchev–Trinajstić information content (AvgIpc) is 2.16. The Labute approximate surface area is 87.1 Å². The van der Waals surface area contributed by atoms with E-state index in [2.05, 4.69) is 11.9 Å². The first-order valence-electron chi connectivity index (χ1n) is 5.50. The number of rotatable bonds is 3. The molecule has 0 spiro atoms. The molecule has 0 N–H and O–H groups in total. The van der Waals surface area contributed by atoms with Crippen LogP contribution in [0.4, 0.5) is 0 Å². The minimum atomic E-state index is 0.179. The van der Waals surface area contributed by atoms with Crippen molar-refractivity contribution < 1.29 is 4.79 Å². The molecule has 82 valence electrons. The molecule has 1 saturated heterocycles. The molecule has 1 aliphatic heterocycles. The van der Waals surface area contributed by atoms with E-state index in [1.807, 2.05) is 11.9 Å². The summed E-state index contributed by atoms with van der Waals surface area (Å²) in [5.41, 5.74) is 0. The van der Waals surface area contributed by atoms with Crippen molar-refractivity contribution in [2.45, 2.75) is 26.2 Å². The molecule has 14 heavy (non-hydrogen) atoms. The zero-order valence-corrected chi connectivity index (χ0v) is 9.62. The summed E-state index contributed by atoms with van der Waals surface area (Å²) >= 11 is 0. The molecule has 3 nitrogen and oxygen atoms in total. The number of likely N-dealkylation sites (tertiary alicyclic amines) is 1. The minimum Gasteiger partial charge on any atom is -0.346 e. The average molecular weight is 198 g/mol. The molecule has 0 aromatic heterocycles. The summed E-state index contributed by atoms with van der Waals surface area (Å²) in [7, 11) is 4.06. The minimum absolute atomic E-state index is 0.179. The van der Waals surface area contributed by atoms with E-state index in [1.165, 1.54) is 32.4 Å². The molecule has 0 atom stereocenters. The third-order valence-electron chi connectivity index (χ3n) is 3.25. The van der Waals surface area contributed by atoms with Gasteiger partial charge < -0.3 is 9.80 Å². The largest absolute Gasteiger partial charge is 0.346 e. The predicted molar refractivity (Wildman–Crippen MR) is 58.1 cm³/mol. The molecule has 0 saturated carbocycles. The highest BCUT2D eigenvalue weighted by Gasteiger charge is 2.17. The highest BCUT2D eigenvalue weighted by Crippen LogP contribution is 2.19. The van der Waals surface area contributed by atoms with Crippen LogP contribution in [-0.4, -0.2) is 49.4 Å². The molecule has 0 unspecified atom stereocenters. The Morgan fingerprint density at radius 3 is 2.50 bits per heavy atom. The molecule has 0 aromatic rings. The van der Waals surface area contributed by atoms with E-state index >= 15 is 0 Å². The quantitative estimate of drug-likeness (QED) is 0.680. The lowest BCUT2D eigenvalue weighted by atomic mass is 9.94. The summed E-state index contributed by atoms with van der Waals surface area (Å²) in [4.78, 5) is 15.2. The zero-order chi connectivity index (χ0) is 10.6. The van der Waals surface area contributed by atoms with E-state index in [9.17, 15) is 4.79 Å². The van der Waals surface area contributed by atoms with Crippen LogP contribution in [0.3, 0.4) is 0 Å². The second-order valence-electron chi connectivity index (χ2n) is 4.48. The predicted octanol–water partition coefficient (Wildman–Crippen LogP) is 1.20. The van der Waals surface area contributed by atoms with Crippen LogP contribution in [0, 0.1) is 5.92 Å². The molecule has 1 fully saturated rings. The topological polar surface area (TPSA) is 23.6 Å². The van der Waals surface area contributed by atoms with Crippen LogP contribution in [0.15, 0.2) is 0 Å². The third kappa shape index (κ3) is 3.66. The molecule has 0 aromatic carbocycles. The Kier molecular flexibility index (Phi) is 4.39. The second-order valence-corrected chi connectivity index (χ2v) is 4.48. The number of carbonyl (C=O) groups excluding carboxylic acids is 1. The van der Waals surface area contributed by atoms with Gasteiger partial charge in [0.2, 0.25) is 5.91 Å². The molecule has 0 aliphatic carbocycles. The van der Waals surface area contributed by atoms with E-state index in [4.69, 9.17) is 0 Å². The van der Waals surface area contributed by atoms with Gasteiger partial charge in [0.05, 0.1) is 0 Å². The maximum absolute atomic E-state index is 11.0. The molecular weight excluding hydrogens is 176 g/mol. The highest BCUT2D eigenvalue weighted by atomic mass is 16.2. The van der Waals surface area contributed by atoms with Crippen LogP contribution in [0.2, 0.25) is 0 Å². The lowest BCUT2D eigenvalue weighted by molar-refractivity contribution is -0.127. The van der Waals surface area contributed by atoms with Gasteiger partial charge in [-0.1, -0.05) is 0 Å². The molecule has 1 rings (SSSR count). The van der Waals surface area contributed by atoms with Crippen LogP contribution in [0.25, 0.3) is 0 Å². The first-order chi connectivity index (χ1) is 6.59. The number of piperidine rings is 1.